The summed E-state index contributed by atoms with van der Waals surface area (Å²) in [5.41, 5.74) is 2.23. The minimum atomic E-state index is -0.711. The van der Waals surface area contributed by atoms with Crippen molar-refractivity contribution >= 4 is 34.1 Å². The highest BCUT2D eigenvalue weighted by Crippen LogP contribution is 2.23. The smallest absolute Gasteiger partial charge is 0.295 e. The van der Waals surface area contributed by atoms with Gasteiger partial charge in [-0.1, -0.05) is 36.4 Å². The lowest BCUT2D eigenvalue weighted by molar-refractivity contribution is -0.127. The first-order valence-corrected chi connectivity index (χ1v) is 11.0. The number of carbonyl (C=O) groups is 2. The number of benzene rings is 2. The van der Waals surface area contributed by atoms with E-state index in [0.29, 0.717) is 31.7 Å². The Hall–Kier alpha value is -4.33. The highest BCUT2D eigenvalue weighted by atomic mass is 19.1. The van der Waals surface area contributed by atoms with Gasteiger partial charge in [-0.2, -0.15) is 0 Å². The van der Waals surface area contributed by atoms with Gasteiger partial charge in [-0.05, 0) is 24.3 Å². The number of hydrogen-bond donors (Lipinski definition) is 1. The van der Waals surface area contributed by atoms with Crippen molar-refractivity contribution in [1.82, 2.24) is 19.8 Å². The number of nitrogens with one attached hydrogen (secondary N) is 1. The number of nitrogens with zero attached hydrogens (tertiary/aromatic N) is 4. The molecule has 7 nitrogen and oxygen atoms in total. The van der Waals surface area contributed by atoms with Gasteiger partial charge in [0.1, 0.15) is 11.7 Å². The Balaban J connectivity index is 1.34. The molecule has 1 N–H and O–H groups in total. The molecule has 0 atom stereocenters. The van der Waals surface area contributed by atoms with Gasteiger partial charge >= 0.3 is 0 Å². The Morgan fingerprint density at radius 2 is 1.68 bits per heavy atom. The standard InChI is InChI=1S/C26H22FN5O2/c27-21-9-4-10-22-23(21)20(17-29-22)24(33)26(34)32-14-12-31(13-15-32)25(18-6-2-1-3-7-18)30-19-8-5-11-28-16-19/h1-11,16-17,29H,12-15H2. The van der Waals surface area contributed by atoms with Crippen LogP contribution in [0.5, 0.6) is 0 Å². The lowest BCUT2D eigenvalue weighted by atomic mass is 10.1. The molecule has 0 bridgehead atoms. The van der Waals surface area contributed by atoms with Gasteiger partial charge in [-0.25, -0.2) is 9.38 Å². The fraction of sp³-hybridized carbons (Fsp3) is 0.154. The summed E-state index contributed by atoms with van der Waals surface area (Å²) >= 11 is 0. The molecule has 2 aromatic heterocycles. The van der Waals surface area contributed by atoms with E-state index >= 15 is 0 Å². The third-order valence-corrected chi connectivity index (χ3v) is 5.87. The number of halogens is 1. The average Bonchev–Trinajstić information content (AvgIpc) is 3.33. The van der Waals surface area contributed by atoms with E-state index in [2.05, 4.69) is 14.9 Å². The molecule has 1 aliphatic rings. The van der Waals surface area contributed by atoms with E-state index in [1.165, 1.54) is 17.2 Å². The van der Waals surface area contributed by atoms with E-state index < -0.39 is 17.5 Å². The predicted octanol–water partition coefficient (Wildman–Crippen LogP) is 3.81. The molecule has 4 aromatic rings. The number of aromatic amines is 1. The van der Waals surface area contributed by atoms with Crippen molar-refractivity contribution in [1.29, 1.82) is 0 Å². The van der Waals surface area contributed by atoms with Gasteiger partial charge in [0.15, 0.2) is 0 Å². The molecule has 1 amide bonds. The third-order valence-electron chi connectivity index (χ3n) is 5.87. The first kappa shape index (κ1) is 21.5. The van der Waals surface area contributed by atoms with Crippen LogP contribution < -0.4 is 0 Å². The number of ketones is 1. The quantitative estimate of drug-likeness (QED) is 0.220. The summed E-state index contributed by atoms with van der Waals surface area (Å²) in [5, 5.41) is 0.148. The summed E-state index contributed by atoms with van der Waals surface area (Å²) in [6.45, 7) is 1.73. The monoisotopic (exact) mass is 455 g/mol. The average molecular weight is 455 g/mol. The van der Waals surface area contributed by atoms with E-state index in [1.807, 2.05) is 42.5 Å². The van der Waals surface area contributed by atoms with Crippen LogP contribution in [0.3, 0.4) is 0 Å². The van der Waals surface area contributed by atoms with Crippen LogP contribution in [0.2, 0.25) is 0 Å². The van der Waals surface area contributed by atoms with E-state index in [-0.39, 0.29) is 10.9 Å². The van der Waals surface area contributed by atoms with Gasteiger partial charge in [0.05, 0.1) is 17.4 Å². The van der Waals surface area contributed by atoms with Crippen molar-refractivity contribution in [3.63, 3.8) is 0 Å². The molecule has 1 aliphatic heterocycles. The lowest BCUT2D eigenvalue weighted by Gasteiger charge is -2.36. The van der Waals surface area contributed by atoms with Gasteiger partial charge in [0.2, 0.25) is 0 Å². The number of carbonyl (C=O) groups excluding carboxylic acids is 2. The number of aliphatic imine (C=N–C) groups is 1. The van der Waals surface area contributed by atoms with Gasteiger partial charge < -0.3 is 14.8 Å². The number of hydrogen-bond acceptors (Lipinski definition) is 4. The van der Waals surface area contributed by atoms with Gasteiger partial charge in [-0.3, -0.25) is 14.6 Å². The normalized spacial score (nSPS) is 14.4. The summed E-state index contributed by atoms with van der Waals surface area (Å²) in [5.74, 6) is -1.09. The molecule has 8 heteroatoms. The molecule has 34 heavy (non-hydrogen) atoms. The maximum absolute atomic E-state index is 14.3. The number of Topliss-reactive ketones (excluding diaryl/α,β-unsaturated/α-hetero) is 1. The molecule has 2 aromatic carbocycles. The Labute approximate surface area is 195 Å². The zero-order chi connectivity index (χ0) is 23.5. The van der Waals surface area contributed by atoms with Crippen molar-refractivity contribution in [3.8, 4) is 0 Å². The fourth-order valence-corrected chi connectivity index (χ4v) is 4.15. The molecule has 170 valence electrons. The van der Waals surface area contributed by atoms with Gasteiger partial charge in [-0.15, -0.1) is 0 Å². The van der Waals surface area contributed by atoms with Crippen LogP contribution in [0.4, 0.5) is 10.1 Å². The van der Waals surface area contributed by atoms with Crippen molar-refractivity contribution in [2.45, 2.75) is 0 Å². The Morgan fingerprint density at radius 3 is 2.41 bits per heavy atom. The number of fused-ring (bicyclic) bond motifs is 1. The maximum Gasteiger partial charge on any atom is 0.295 e. The van der Waals surface area contributed by atoms with E-state index in [1.54, 1.807) is 24.5 Å². The van der Waals surface area contributed by atoms with Crippen molar-refractivity contribution in [2.24, 2.45) is 4.99 Å². The predicted molar refractivity (Wildman–Crippen MR) is 128 cm³/mol. The minimum absolute atomic E-state index is 0.0589. The SMILES string of the molecule is O=C(C(=O)N1CCN(C(=Nc2cccnc2)c2ccccc2)CC1)c1c[nH]c2cccc(F)c12. The number of amidine groups is 1. The molecule has 1 saturated heterocycles. The largest absolute Gasteiger partial charge is 0.360 e. The van der Waals surface area contributed by atoms with Crippen molar-refractivity contribution in [2.75, 3.05) is 26.2 Å². The minimum Gasteiger partial charge on any atom is -0.360 e. The first-order chi connectivity index (χ1) is 16.6. The second kappa shape index (κ2) is 9.27. The topological polar surface area (TPSA) is 81.7 Å². The molecule has 0 unspecified atom stereocenters. The Morgan fingerprint density at radius 1 is 0.912 bits per heavy atom. The number of H-pyrrole nitrogens is 1. The molecule has 0 saturated carbocycles. The summed E-state index contributed by atoms with van der Waals surface area (Å²) in [6.07, 6.45) is 4.79. The second-order valence-electron chi connectivity index (χ2n) is 7.99. The molecular weight excluding hydrogens is 433 g/mol. The first-order valence-electron chi connectivity index (χ1n) is 11.0. The summed E-state index contributed by atoms with van der Waals surface area (Å²) in [7, 11) is 0. The lowest BCUT2D eigenvalue weighted by Crippen LogP contribution is -2.52. The van der Waals surface area contributed by atoms with Crippen LogP contribution >= 0.6 is 0 Å². The molecular formula is C26H22FN5O2. The van der Waals surface area contributed by atoms with Crippen molar-refractivity contribution in [3.05, 3.63) is 96.2 Å². The second-order valence-corrected chi connectivity index (χ2v) is 7.99. The molecule has 0 radical (unpaired) electrons. The zero-order valence-corrected chi connectivity index (χ0v) is 18.3. The van der Waals surface area contributed by atoms with Crippen molar-refractivity contribution < 1.29 is 14.0 Å². The third kappa shape index (κ3) is 4.17. The maximum atomic E-state index is 14.3. The van der Waals surface area contributed by atoms with Crippen LogP contribution in [-0.4, -0.2) is 63.5 Å². The van der Waals surface area contributed by atoms with Crippen LogP contribution in [-0.2, 0) is 4.79 Å². The number of aromatic nitrogens is 2. The van der Waals surface area contributed by atoms with E-state index in [9.17, 15) is 14.0 Å². The molecule has 5 rings (SSSR count). The number of amides is 1. The highest BCUT2D eigenvalue weighted by molar-refractivity contribution is 6.44. The Kier molecular flexibility index (Phi) is 5.86. The number of piperazine rings is 1. The summed E-state index contributed by atoms with van der Waals surface area (Å²) in [4.78, 5) is 41.3. The van der Waals surface area contributed by atoms with Crippen LogP contribution in [0.25, 0.3) is 10.9 Å². The van der Waals surface area contributed by atoms with Gasteiger partial charge in [0, 0.05) is 55.0 Å². The molecule has 0 spiro atoms. The van der Waals surface area contributed by atoms with Crippen LogP contribution in [0.1, 0.15) is 15.9 Å². The molecule has 1 fully saturated rings. The van der Waals surface area contributed by atoms with Crippen LogP contribution in [0, 0.1) is 5.82 Å². The van der Waals surface area contributed by atoms with Crippen LogP contribution in [0.15, 0.2) is 84.2 Å². The summed E-state index contributed by atoms with van der Waals surface area (Å²) < 4.78 is 14.3. The molecule has 3 heterocycles. The fourth-order valence-electron chi connectivity index (χ4n) is 4.15. The number of rotatable bonds is 4. The van der Waals surface area contributed by atoms with Gasteiger partial charge in [0.25, 0.3) is 11.7 Å². The summed E-state index contributed by atoms with van der Waals surface area (Å²) in [6, 6.07) is 18.0. The zero-order valence-electron chi connectivity index (χ0n) is 18.3. The van der Waals surface area contributed by atoms with E-state index in [0.717, 1.165) is 17.1 Å². The number of pyridine rings is 1. The van der Waals surface area contributed by atoms with E-state index in [4.69, 9.17) is 4.99 Å². The molecule has 0 aliphatic carbocycles. The Bertz CT molecular complexity index is 1360. The highest BCUT2D eigenvalue weighted by Gasteiger charge is 2.30.